The van der Waals surface area contributed by atoms with Crippen molar-refractivity contribution in [1.29, 1.82) is 0 Å². The van der Waals surface area contributed by atoms with Crippen LogP contribution in [0.4, 0.5) is 5.69 Å². The van der Waals surface area contributed by atoms with E-state index in [1.165, 1.54) is 0 Å². The van der Waals surface area contributed by atoms with Crippen molar-refractivity contribution in [2.45, 2.75) is 13.8 Å². The molecule has 0 fully saturated rings. The molecule has 8 heteroatoms. The molecule has 0 atom stereocenters. The van der Waals surface area contributed by atoms with Crippen molar-refractivity contribution in [1.82, 2.24) is 10.7 Å². The van der Waals surface area contributed by atoms with Crippen molar-refractivity contribution in [2.24, 2.45) is 5.10 Å². The van der Waals surface area contributed by atoms with Crippen molar-refractivity contribution in [3.8, 4) is 11.5 Å². The van der Waals surface area contributed by atoms with E-state index in [0.29, 0.717) is 22.6 Å². The monoisotopic (exact) mass is 484 g/mol. The molecule has 8 nitrogen and oxygen atoms in total. The molecule has 0 spiro atoms. The Morgan fingerprint density at radius 2 is 1.61 bits per heavy atom. The molecular formula is C28H28N4O4. The summed E-state index contributed by atoms with van der Waals surface area (Å²) in [5, 5.41) is 6.77. The molecule has 4 rings (SSSR count). The van der Waals surface area contributed by atoms with Gasteiger partial charge in [0, 0.05) is 24.3 Å². The maximum Gasteiger partial charge on any atom is 0.287 e. The summed E-state index contributed by atoms with van der Waals surface area (Å²) in [7, 11) is 0. The average Bonchev–Trinajstić information content (AvgIpc) is 3.38. The summed E-state index contributed by atoms with van der Waals surface area (Å²) >= 11 is 0. The van der Waals surface area contributed by atoms with E-state index in [0.717, 1.165) is 24.3 Å². The zero-order valence-electron chi connectivity index (χ0n) is 20.2. The van der Waals surface area contributed by atoms with Gasteiger partial charge in [0.1, 0.15) is 5.70 Å². The van der Waals surface area contributed by atoms with Crippen LogP contribution in [-0.2, 0) is 4.79 Å². The number of hydrogen-bond donors (Lipinski definition) is 2. The Balaban J connectivity index is 1.50. The molecule has 0 aliphatic carbocycles. The quantitative estimate of drug-likeness (QED) is 0.270. The lowest BCUT2D eigenvalue weighted by Gasteiger charge is -2.20. The summed E-state index contributed by atoms with van der Waals surface area (Å²) in [6, 6.07) is 21.8. The van der Waals surface area contributed by atoms with Crippen LogP contribution in [0.15, 0.2) is 83.6 Å². The number of fused-ring (bicyclic) bond motifs is 1. The third-order valence-electron chi connectivity index (χ3n) is 5.64. The summed E-state index contributed by atoms with van der Waals surface area (Å²) in [5.74, 6) is 0.230. The molecule has 2 N–H and O–H groups in total. The molecular weight excluding hydrogens is 456 g/mol. The Bertz CT molecular complexity index is 1270. The molecule has 1 aliphatic rings. The highest BCUT2D eigenvalue weighted by Crippen LogP contribution is 2.33. The second kappa shape index (κ2) is 11.7. The number of benzene rings is 3. The number of nitrogens with one attached hydrogen (secondary N) is 2. The van der Waals surface area contributed by atoms with E-state index >= 15 is 0 Å². The lowest BCUT2D eigenvalue weighted by molar-refractivity contribution is -0.117. The lowest BCUT2D eigenvalue weighted by Crippen LogP contribution is -2.32. The first kappa shape index (κ1) is 24.5. The molecule has 0 saturated carbocycles. The summed E-state index contributed by atoms with van der Waals surface area (Å²) in [6.45, 7) is 6.21. The van der Waals surface area contributed by atoms with Crippen molar-refractivity contribution >= 4 is 29.8 Å². The number of amides is 2. The number of nitrogens with zero attached hydrogens (tertiary/aromatic N) is 2. The predicted octanol–water partition coefficient (Wildman–Crippen LogP) is 4.18. The molecule has 184 valence electrons. The van der Waals surface area contributed by atoms with Gasteiger partial charge in [0.05, 0.1) is 6.21 Å². The highest BCUT2D eigenvalue weighted by atomic mass is 16.7. The van der Waals surface area contributed by atoms with E-state index in [1.54, 1.807) is 54.8 Å². The fourth-order valence-corrected chi connectivity index (χ4v) is 3.70. The van der Waals surface area contributed by atoms with Crippen LogP contribution in [0, 0.1) is 0 Å². The number of carbonyl (C=O) groups is 2. The van der Waals surface area contributed by atoms with Gasteiger partial charge in [-0.3, -0.25) is 9.59 Å². The van der Waals surface area contributed by atoms with Crippen molar-refractivity contribution in [2.75, 3.05) is 24.8 Å². The standard InChI is InChI=1S/C28H28N4O4/c1-3-32(4-2)23-13-10-20(11-14-23)18-29-31-28(34)24(30-27(33)22-8-6-5-7-9-22)16-21-12-15-25-26(17-21)36-19-35-25/h5-18H,3-4,19H2,1-2H3,(H,30,33)(H,31,34)/b24-16+,29-18+. The number of hydrazone groups is 1. The van der Waals surface area contributed by atoms with Crippen molar-refractivity contribution < 1.29 is 19.1 Å². The molecule has 36 heavy (non-hydrogen) atoms. The number of rotatable bonds is 9. The highest BCUT2D eigenvalue weighted by molar-refractivity contribution is 6.05. The molecule has 1 aliphatic heterocycles. The third kappa shape index (κ3) is 6.09. The summed E-state index contributed by atoms with van der Waals surface area (Å²) in [6.07, 6.45) is 3.12. The first-order valence-corrected chi connectivity index (χ1v) is 11.7. The molecule has 0 unspecified atom stereocenters. The predicted molar refractivity (Wildman–Crippen MR) is 140 cm³/mol. The van der Waals surface area contributed by atoms with Gasteiger partial charge in [0.25, 0.3) is 11.8 Å². The second-order valence-electron chi connectivity index (χ2n) is 7.95. The molecule has 0 aromatic heterocycles. The Hall–Kier alpha value is -4.59. The molecule has 0 radical (unpaired) electrons. The van der Waals surface area contributed by atoms with Crippen LogP contribution in [0.1, 0.15) is 35.3 Å². The van der Waals surface area contributed by atoms with Crippen molar-refractivity contribution in [3.63, 3.8) is 0 Å². The molecule has 2 amide bonds. The molecule has 3 aromatic rings. The van der Waals surface area contributed by atoms with Crippen LogP contribution in [0.5, 0.6) is 11.5 Å². The van der Waals surface area contributed by atoms with E-state index in [4.69, 9.17) is 9.47 Å². The van der Waals surface area contributed by atoms with E-state index in [2.05, 4.69) is 34.6 Å². The van der Waals surface area contributed by atoms with Gasteiger partial charge in [-0.1, -0.05) is 36.4 Å². The molecule has 1 heterocycles. The molecule has 3 aromatic carbocycles. The minimum absolute atomic E-state index is 0.0387. The number of ether oxygens (including phenoxy) is 2. The van der Waals surface area contributed by atoms with Crippen LogP contribution in [-0.4, -0.2) is 37.9 Å². The fourth-order valence-electron chi connectivity index (χ4n) is 3.70. The van der Waals surface area contributed by atoms with E-state index in [1.807, 2.05) is 30.3 Å². The maximum atomic E-state index is 13.0. The van der Waals surface area contributed by atoms with Gasteiger partial charge in [0.15, 0.2) is 11.5 Å². The normalized spacial score (nSPS) is 12.4. The van der Waals surface area contributed by atoms with Gasteiger partial charge in [-0.25, -0.2) is 5.43 Å². The van der Waals surface area contributed by atoms with Crippen LogP contribution >= 0.6 is 0 Å². The van der Waals surface area contributed by atoms with Gasteiger partial charge >= 0.3 is 0 Å². The number of anilines is 1. The summed E-state index contributed by atoms with van der Waals surface area (Å²) in [4.78, 5) is 28.0. The first-order chi connectivity index (χ1) is 17.6. The van der Waals surface area contributed by atoms with E-state index in [9.17, 15) is 9.59 Å². The van der Waals surface area contributed by atoms with Gasteiger partial charge in [-0.05, 0) is 67.4 Å². The van der Waals surface area contributed by atoms with Crippen LogP contribution in [0.2, 0.25) is 0 Å². The zero-order chi connectivity index (χ0) is 25.3. The zero-order valence-corrected chi connectivity index (χ0v) is 20.2. The van der Waals surface area contributed by atoms with Gasteiger partial charge in [0.2, 0.25) is 6.79 Å². The van der Waals surface area contributed by atoms with Crippen LogP contribution in [0.3, 0.4) is 0 Å². The fraction of sp³-hybridized carbons (Fsp3) is 0.179. The molecule has 0 saturated heterocycles. The first-order valence-electron chi connectivity index (χ1n) is 11.7. The van der Waals surface area contributed by atoms with Gasteiger partial charge < -0.3 is 19.7 Å². The topological polar surface area (TPSA) is 92.3 Å². The summed E-state index contributed by atoms with van der Waals surface area (Å²) in [5.41, 5.74) is 5.59. The minimum Gasteiger partial charge on any atom is -0.454 e. The largest absolute Gasteiger partial charge is 0.454 e. The second-order valence-corrected chi connectivity index (χ2v) is 7.95. The number of carbonyl (C=O) groups excluding carboxylic acids is 2. The van der Waals surface area contributed by atoms with Crippen LogP contribution < -0.4 is 25.1 Å². The van der Waals surface area contributed by atoms with Gasteiger partial charge in [-0.15, -0.1) is 0 Å². The van der Waals surface area contributed by atoms with Gasteiger partial charge in [-0.2, -0.15) is 5.10 Å². The third-order valence-corrected chi connectivity index (χ3v) is 5.64. The SMILES string of the molecule is CCN(CC)c1ccc(/C=N/NC(=O)/C(=C\c2ccc3c(c2)OCO3)NC(=O)c2ccccc2)cc1. The Labute approximate surface area is 210 Å². The maximum absolute atomic E-state index is 13.0. The number of hydrogen-bond acceptors (Lipinski definition) is 6. The Morgan fingerprint density at radius 3 is 2.33 bits per heavy atom. The smallest absolute Gasteiger partial charge is 0.287 e. The van der Waals surface area contributed by atoms with E-state index < -0.39 is 11.8 Å². The molecule has 0 bridgehead atoms. The average molecular weight is 485 g/mol. The van der Waals surface area contributed by atoms with E-state index in [-0.39, 0.29) is 12.5 Å². The Morgan fingerprint density at radius 1 is 0.917 bits per heavy atom. The minimum atomic E-state index is -0.562. The lowest BCUT2D eigenvalue weighted by atomic mass is 10.1. The van der Waals surface area contributed by atoms with Crippen molar-refractivity contribution in [3.05, 3.63) is 95.2 Å². The highest BCUT2D eigenvalue weighted by Gasteiger charge is 2.17. The summed E-state index contributed by atoms with van der Waals surface area (Å²) < 4.78 is 10.8. The van der Waals surface area contributed by atoms with Crippen LogP contribution in [0.25, 0.3) is 6.08 Å². The Kier molecular flexibility index (Phi) is 7.97.